The molecule has 0 N–H and O–H groups in total. The molecular weight excluding hydrogens is 171 g/mol. The van der Waals surface area contributed by atoms with Gasteiger partial charge in [-0.1, -0.05) is 0 Å². The number of fused-ring (bicyclic) bond motifs is 1. The Kier molecular flexibility index (Phi) is 1.98. The number of halogens is 1. The van der Waals surface area contributed by atoms with Crippen LogP contribution in [0.15, 0.2) is 24.5 Å². The quantitative estimate of drug-likeness (QED) is 0.702. The van der Waals surface area contributed by atoms with Gasteiger partial charge in [0.05, 0.1) is 12.3 Å². The number of hydrogen-bond donors (Lipinski definition) is 0. The minimum atomic E-state index is -0.270. The largest absolute Gasteiger partial charge is 0.378 e. The molecule has 0 bridgehead atoms. The zero-order valence-electron chi connectivity index (χ0n) is 7.20. The molecule has 0 aromatic carbocycles. The first kappa shape index (κ1) is 8.19. The fourth-order valence-electron chi connectivity index (χ4n) is 1.23. The van der Waals surface area contributed by atoms with Gasteiger partial charge >= 0.3 is 0 Å². The summed E-state index contributed by atoms with van der Waals surface area (Å²) in [5.74, 6) is -0.270. The average Bonchev–Trinajstić information content (AvgIpc) is 2.46. The summed E-state index contributed by atoms with van der Waals surface area (Å²) < 4.78 is 19.3. The molecule has 0 spiro atoms. The van der Waals surface area contributed by atoms with Crippen LogP contribution in [0.4, 0.5) is 4.39 Å². The van der Waals surface area contributed by atoms with Crippen molar-refractivity contribution in [3.05, 3.63) is 36.0 Å². The third-order valence-corrected chi connectivity index (χ3v) is 1.76. The molecular formula is C9H9FN2O. The van der Waals surface area contributed by atoms with Gasteiger partial charge in [-0.2, -0.15) is 0 Å². The molecule has 0 aliphatic carbocycles. The summed E-state index contributed by atoms with van der Waals surface area (Å²) >= 11 is 0. The lowest BCUT2D eigenvalue weighted by Gasteiger charge is -1.90. The minimum Gasteiger partial charge on any atom is -0.378 e. The number of pyridine rings is 1. The second-order valence-electron chi connectivity index (χ2n) is 2.78. The first-order valence-electron chi connectivity index (χ1n) is 3.91. The van der Waals surface area contributed by atoms with Crippen LogP contribution in [-0.4, -0.2) is 16.5 Å². The Morgan fingerprint density at radius 1 is 1.46 bits per heavy atom. The van der Waals surface area contributed by atoms with Crippen LogP contribution in [0.5, 0.6) is 0 Å². The molecule has 0 atom stereocenters. The van der Waals surface area contributed by atoms with E-state index in [0.717, 1.165) is 11.3 Å². The van der Waals surface area contributed by atoms with Crippen LogP contribution in [0.2, 0.25) is 0 Å². The molecule has 2 aromatic rings. The highest BCUT2D eigenvalue weighted by molar-refractivity contribution is 5.39. The summed E-state index contributed by atoms with van der Waals surface area (Å²) in [6, 6.07) is 3.02. The monoisotopic (exact) mass is 180 g/mol. The molecule has 13 heavy (non-hydrogen) atoms. The van der Waals surface area contributed by atoms with E-state index in [-0.39, 0.29) is 5.82 Å². The number of imidazole rings is 1. The molecule has 2 aromatic heterocycles. The van der Waals surface area contributed by atoms with Crippen molar-refractivity contribution in [1.29, 1.82) is 0 Å². The molecule has 2 heterocycles. The summed E-state index contributed by atoms with van der Waals surface area (Å²) in [7, 11) is 1.60. The number of methoxy groups -OCH3 is 1. The molecule has 0 fully saturated rings. The van der Waals surface area contributed by atoms with Crippen molar-refractivity contribution in [3.8, 4) is 0 Å². The van der Waals surface area contributed by atoms with Crippen LogP contribution in [0, 0.1) is 5.82 Å². The molecule has 0 amide bonds. The van der Waals surface area contributed by atoms with E-state index in [2.05, 4.69) is 4.98 Å². The number of nitrogens with zero attached hydrogens (tertiary/aromatic N) is 2. The summed E-state index contributed by atoms with van der Waals surface area (Å²) in [6.45, 7) is 0.448. The molecule has 2 rings (SSSR count). The number of aromatic nitrogens is 2. The Labute approximate surface area is 74.8 Å². The lowest BCUT2D eigenvalue weighted by molar-refractivity contribution is 0.182. The highest BCUT2D eigenvalue weighted by Crippen LogP contribution is 2.07. The van der Waals surface area contributed by atoms with Crippen molar-refractivity contribution in [3.63, 3.8) is 0 Å². The van der Waals surface area contributed by atoms with Gasteiger partial charge < -0.3 is 9.14 Å². The van der Waals surface area contributed by atoms with E-state index < -0.39 is 0 Å². The maximum Gasteiger partial charge on any atom is 0.139 e. The smallest absolute Gasteiger partial charge is 0.139 e. The predicted molar refractivity (Wildman–Crippen MR) is 45.9 cm³/mol. The number of ether oxygens (including phenoxy) is 1. The second-order valence-corrected chi connectivity index (χ2v) is 2.78. The van der Waals surface area contributed by atoms with Crippen LogP contribution < -0.4 is 0 Å². The maximum absolute atomic E-state index is 12.8. The molecule has 0 unspecified atom stereocenters. The Morgan fingerprint density at radius 2 is 2.31 bits per heavy atom. The minimum absolute atomic E-state index is 0.270. The zero-order valence-corrected chi connectivity index (χ0v) is 7.20. The molecule has 0 saturated heterocycles. The van der Waals surface area contributed by atoms with Gasteiger partial charge in [-0.3, -0.25) is 0 Å². The third kappa shape index (κ3) is 1.53. The van der Waals surface area contributed by atoms with Gasteiger partial charge in [0.2, 0.25) is 0 Å². The molecule has 0 aliphatic rings. The van der Waals surface area contributed by atoms with Gasteiger partial charge in [-0.25, -0.2) is 9.37 Å². The van der Waals surface area contributed by atoms with Crippen molar-refractivity contribution in [2.75, 3.05) is 7.11 Å². The molecule has 0 saturated carbocycles. The standard InChI is InChI=1S/C9H9FN2O/c1-13-6-8-5-12-4-7(10)2-3-9(12)11-8/h2-5H,6H2,1H3. The van der Waals surface area contributed by atoms with Crippen molar-refractivity contribution in [1.82, 2.24) is 9.38 Å². The fraction of sp³-hybridized carbons (Fsp3) is 0.222. The van der Waals surface area contributed by atoms with Gasteiger partial charge in [0, 0.05) is 19.5 Å². The van der Waals surface area contributed by atoms with Gasteiger partial charge in [-0.15, -0.1) is 0 Å². The second kappa shape index (κ2) is 3.14. The van der Waals surface area contributed by atoms with Crippen LogP contribution in [0.3, 0.4) is 0 Å². The van der Waals surface area contributed by atoms with E-state index in [1.165, 1.54) is 12.3 Å². The summed E-state index contributed by atoms with van der Waals surface area (Å²) in [6.07, 6.45) is 3.14. The van der Waals surface area contributed by atoms with Crippen LogP contribution >= 0.6 is 0 Å². The third-order valence-electron chi connectivity index (χ3n) is 1.76. The lowest BCUT2D eigenvalue weighted by Crippen LogP contribution is -1.85. The normalized spacial score (nSPS) is 10.9. The van der Waals surface area contributed by atoms with Crippen LogP contribution in [0.25, 0.3) is 5.65 Å². The Morgan fingerprint density at radius 3 is 3.08 bits per heavy atom. The lowest BCUT2D eigenvalue weighted by atomic mass is 10.5. The highest BCUT2D eigenvalue weighted by atomic mass is 19.1. The summed E-state index contributed by atoms with van der Waals surface area (Å²) in [5, 5.41) is 0. The van der Waals surface area contributed by atoms with E-state index >= 15 is 0 Å². The van der Waals surface area contributed by atoms with E-state index in [4.69, 9.17) is 4.74 Å². The summed E-state index contributed by atoms with van der Waals surface area (Å²) in [4.78, 5) is 4.21. The Balaban J connectivity index is 2.49. The van der Waals surface area contributed by atoms with Gasteiger partial charge in [-0.05, 0) is 12.1 Å². The number of hydrogen-bond acceptors (Lipinski definition) is 2. The van der Waals surface area contributed by atoms with Gasteiger partial charge in [0.1, 0.15) is 11.5 Å². The Bertz CT molecular complexity index is 424. The van der Waals surface area contributed by atoms with E-state index in [9.17, 15) is 4.39 Å². The SMILES string of the molecule is COCc1cn2cc(F)ccc2n1. The first-order chi connectivity index (χ1) is 6.29. The number of rotatable bonds is 2. The molecule has 0 radical (unpaired) electrons. The van der Waals surface area contributed by atoms with Crippen LogP contribution in [0.1, 0.15) is 5.69 Å². The fourth-order valence-corrected chi connectivity index (χ4v) is 1.23. The van der Waals surface area contributed by atoms with Crippen LogP contribution in [-0.2, 0) is 11.3 Å². The molecule has 68 valence electrons. The van der Waals surface area contributed by atoms with Crippen molar-refractivity contribution < 1.29 is 9.13 Å². The molecule has 3 nitrogen and oxygen atoms in total. The molecule has 0 aliphatic heterocycles. The average molecular weight is 180 g/mol. The first-order valence-corrected chi connectivity index (χ1v) is 3.91. The van der Waals surface area contributed by atoms with Crippen molar-refractivity contribution in [2.24, 2.45) is 0 Å². The van der Waals surface area contributed by atoms with Crippen molar-refractivity contribution in [2.45, 2.75) is 6.61 Å². The topological polar surface area (TPSA) is 26.5 Å². The Hall–Kier alpha value is -1.42. The van der Waals surface area contributed by atoms with E-state index in [1.54, 1.807) is 23.8 Å². The highest BCUT2D eigenvalue weighted by Gasteiger charge is 2.00. The van der Waals surface area contributed by atoms with Gasteiger partial charge in [0.25, 0.3) is 0 Å². The van der Waals surface area contributed by atoms with E-state index in [0.29, 0.717) is 6.61 Å². The molecule has 4 heteroatoms. The van der Waals surface area contributed by atoms with Gasteiger partial charge in [0.15, 0.2) is 0 Å². The zero-order chi connectivity index (χ0) is 9.26. The summed E-state index contributed by atoms with van der Waals surface area (Å²) in [5.41, 5.74) is 1.53. The maximum atomic E-state index is 12.8. The predicted octanol–water partition coefficient (Wildman–Crippen LogP) is 1.62. The van der Waals surface area contributed by atoms with Crippen molar-refractivity contribution >= 4 is 5.65 Å². The van der Waals surface area contributed by atoms with E-state index in [1.807, 2.05) is 0 Å².